The zero-order chi connectivity index (χ0) is 43.8. The number of carbonyl (C=O) groups excluding carboxylic acids is 1. The predicted octanol–water partition coefficient (Wildman–Crippen LogP) is 11.0. The van der Waals surface area contributed by atoms with Gasteiger partial charge in [-0.25, -0.2) is 4.39 Å². The van der Waals surface area contributed by atoms with Gasteiger partial charge in [-0.1, -0.05) is 98.3 Å². The maximum Gasteiger partial charge on any atom is 0.239 e. The molecule has 8 rings (SSSR count). The first-order valence-electron chi connectivity index (χ1n) is 23.2. The van der Waals surface area contributed by atoms with Crippen molar-refractivity contribution in [1.82, 2.24) is 4.90 Å². The van der Waals surface area contributed by atoms with Gasteiger partial charge in [-0.15, -0.1) is 6.58 Å². The first-order valence-corrected chi connectivity index (χ1v) is 23.2. The smallest absolute Gasteiger partial charge is 0.239 e. The molecule has 0 spiro atoms. The van der Waals surface area contributed by atoms with E-state index in [0.29, 0.717) is 43.1 Å². The van der Waals surface area contributed by atoms with Gasteiger partial charge in [-0.3, -0.25) is 4.79 Å². The van der Waals surface area contributed by atoms with Crippen molar-refractivity contribution in [2.75, 3.05) is 26.9 Å². The van der Waals surface area contributed by atoms with E-state index < -0.39 is 17.7 Å². The van der Waals surface area contributed by atoms with Crippen LogP contribution < -0.4 is 9.47 Å². The summed E-state index contributed by atoms with van der Waals surface area (Å²) in [4.78, 5) is 22.6. The van der Waals surface area contributed by atoms with Crippen LogP contribution in [0.2, 0.25) is 0 Å². The van der Waals surface area contributed by atoms with Gasteiger partial charge in [0.25, 0.3) is 0 Å². The topological polar surface area (TPSA) is 110 Å². The molecular formula is C53H63FN2O7. The van der Waals surface area contributed by atoms with E-state index in [2.05, 4.69) is 43.0 Å². The molecule has 4 aliphatic rings. The summed E-state index contributed by atoms with van der Waals surface area (Å²) in [6, 6.07) is 26.0. The van der Waals surface area contributed by atoms with Crippen molar-refractivity contribution >= 4 is 22.4 Å². The zero-order valence-corrected chi connectivity index (χ0v) is 36.6. The largest absolute Gasteiger partial charge is 0.459 e. The fourth-order valence-corrected chi connectivity index (χ4v) is 11.1. The van der Waals surface area contributed by atoms with Gasteiger partial charge in [0.2, 0.25) is 11.7 Å². The summed E-state index contributed by atoms with van der Waals surface area (Å²) < 4.78 is 35.6. The van der Waals surface area contributed by atoms with Gasteiger partial charge in [-0.05, 0) is 114 Å². The third-order valence-corrected chi connectivity index (χ3v) is 14.0. The van der Waals surface area contributed by atoms with E-state index in [9.17, 15) is 14.6 Å². The van der Waals surface area contributed by atoms with Crippen LogP contribution in [0.15, 0.2) is 114 Å². The van der Waals surface area contributed by atoms with Crippen LogP contribution in [0.1, 0.15) is 101 Å². The Kier molecular flexibility index (Phi) is 14.6. The molecule has 2 saturated carbocycles. The second-order valence-corrected chi connectivity index (χ2v) is 17.9. The number of benzene rings is 4. The van der Waals surface area contributed by atoms with E-state index in [1.807, 2.05) is 35.2 Å². The standard InChI is InChI=1S/C53H63FN2O7/c1-3-30-61-53-49(56(35-37-18-22-41(54)23-19-37)50(59)27-20-36-12-4-5-13-36)34-47(55-60-2)45-32-40(16-8-10-28-57)44(17-9-11-29-58)51(52(45)53)46-33-43(25-26-48(46)63-53)62-42-24-21-38-14-6-7-15-39(38)31-42/h3,6-7,14-15,18-19,21-26,31-33,36,40,44,49,51-52,57-58H,1,4-5,8-13,16-17,20,27-30,34-35H2,2H3. The Labute approximate surface area is 371 Å². The minimum Gasteiger partial charge on any atom is -0.459 e. The second kappa shape index (κ2) is 20.6. The highest BCUT2D eigenvalue weighted by molar-refractivity contribution is 6.03. The van der Waals surface area contributed by atoms with Gasteiger partial charge in [-0.2, -0.15) is 0 Å². The lowest BCUT2D eigenvalue weighted by Crippen LogP contribution is -2.70. The molecule has 2 N–H and O–H groups in total. The molecule has 3 aliphatic carbocycles. The van der Waals surface area contributed by atoms with Crippen LogP contribution in [0, 0.1) is 29.5 Å². The van der Waals surface area contributed by atoms with Gasteiger partial charge in [0, 0.05) is 44.1 Å². The van der Waals surface area contributed by atoms with Crippen LogP contribution in [-0.2, 0) is 20.9 Å². The zero-order valence-electron chi connectivity index (χ0n) is 36.6. The number of allylic oxidation sites excluding steroid dienone is 1. The highest BCUT2D eigenvalue weighted by Crippen LogP contribution is 2.62. The Morgan fingerprint density at radius 1 is 0.921 bits per heavy atom. The van der Waals surface area contributed by atoms with Crippen molar-refractivity contribution in [3.63, 3.8) is 0 Å². The summed E-state index contributed by atoms with van der Waals surface area (Å²) in [5.41, 5.74) is 3.49. The third-order valence-electron chi connectivity index (χ3n) is 14.0. The van der Waals surface area contributed by atoms with E-state index in [1.165, 1.54) is 25.0 Å². The number of ether oxygens (including phenoxy) is 3. The Hall–Kier alpha value is -5.03. The van der Waals surface area contributed by atoms with Gasteiger partial charge >= 0.3 is 0 Å². The van der Waals surface area contributed by atoms with Gasteiger partial charge in [0.05, 0.1) is 18.2 Å². The summed E-state index contributed by atoms with van der Waals surface area (Å²) in [5, 5.41) is 26.9. The van der Waals surface area contributed by atoms with Crippen molar-refractivity contribution in [2.45, 2.75) is 108 Å². The average molecular weight is 859 g/mol. The first kappa shape index (κ1) is 44.6. The van der Waals surface area contributed by atoms with Gasteiger partial charge < -0.3 is 34.2 Å². The SMILES string of the molecule is C=CCOC12Oc3ccc(Oc4ccc5ccccc5c4)cc3C3C(CCCCO)C(CCCCO)C=C(C(=NOC)CC1N(Cc1ccc(F)cc1)C(=O)CCC1CCCC1)C32. The highest BCUT2D eigenvalue weighted by atomic mass is 19.1. The van der Waals surface area contributed by atoms with Crippen molar-refractivity contribution in [3.05, 3.63) is 126 Å². The number of aliphatic hydroxyl groups excluding tert-OH is 2. The van der Waals surface area contributed by atoms with Crippen LogP contribution in [0.3, 0.4) is 0 Å². The lowest BCUT2D eigenvalue weighted by Gasteiger charge is -2.60. The molecule has 1 aliphatic heterocycles. The van der Waals surface area contributed by atoms with Crippen LogP contribution in [0.5, 0.6) is 17.2 Å². The molecule has 0 radical (unpaired) electrons. The normalized spacial score (nSPS) is 24.6. The minimum atomic E-state index is -1.39. The van der Waals surface area contributed by atoms with E-state index in [1.54, 1.807) is 25.3 Å². The number of oxime groups is 1. The fraction of sp³-hybridized carbons (Fsp3) is 0.472. The number of hydrogen-bond donors (Lipinski definition) is 2. The fourth-order valence-electron chi connectivity index (χ4n) is 11.1. The molecule has 1 heterocycles. The molecule has 63 heavy (non-hydrogen) atoms. The number of halogens is 1. The van der Waals surface area contributed by atoms with Crippen molar-refractivity contribution in [1.29, 1.82) is 0 Å². The molecule has 334 valence electrons. The molecule has 6 atom stereocenters. The number of hydrogen-bond acceptors (Lipinski definition) is 8. The molecule has 2 fully saturated rings. The quantitative estimate of drug-likeness (QED) is 0.0517. The van der Waals surface area contributed by atoms with Crippen LogP contribution in [0.25, 0.3) is 10.8 Å². The highest BCUT2D eigenvalue weighted by Gasteiger charge is 2.65. The molecule has 4 aromatic rings. The van der Waals surface area contributed by atoms with E-state index in [0.717, 1.165) is 83.9 Å². The number of unbranched alkanes of at least 4 members (excludes halogenated alkanes) is 2. The molecule has 0 saturated heterocycles. The van der Waals surface area contributed by atoms with E-state index in [-0.39, 0.29) is 55.8 Å². The molecule has 4 aromatic carbocycles. The molecule has 6 unspecified atom stereocenters. The van der Waals surface area contributed by atoms with Crippen molar-refractivity contribution in [2.24, 2.45) is 28.8 Å². The Morgan fingerprint density at radius 3 is 2.40 bits per heavy atom. The number of aliphatic hydroxyl groups is 2. The minimum absolute atomic E-state index is 0.00994. The van der Waals surface area contributed by atoms with Crippen molar-refractivity contribution < 1.29 is 38.4 Å². The lowest BCUT2D eigenvalue weighted by molar-refractivity contribution is -0.258. The van der Waals surface area contributed by atoms with Crippen LogP contribution in [-0.4, -0.2) is 65.5 Å². The average Bonchev–Trinajstić information content (AvgIpc) is 3.83. The summed E-state index contributed by atoms with van der Waals surface area (Å²) in [6.45, 7) is 4.67. The monoisotopic (exact) mass is 858 g/mol. The Balaban J connectivity index is 1.30. The maximum absolute atomic E-state index is 15.0. The first-order chi connectivity index (χ1) is 30.8. The maximum atomic E-state index is 15.0. The van der Waals surface area contributed by atoms with Gasteiger partial charge in [0.15, 0.2) is 0 Å². The summed E-state index contributed by atoms with van der Waals surface area (Å²) in [6.07, 6.45) is 14.9. The number of rotatable bonds is 20. The van der Waals surface area contributed by atoms with Gasteiger partial charge in [0.1, 0.15) is 36.2 Å². The Bertz CT molecular complexity index is 2250. The van der Waals surface area contributed by atoms with E-state index >= 15 is 4.79 Å². The predicted molar refractivity (Wildman–Crippen MR) is 244 cm³/mol. The van der Waals surface area contributed by atoms with Crippen molar-refractivity contribution in [3.8, 4) is 17.2 Å². The van der Waals surface area contributed by atoms with E-state index in [4.69, 9.17) is 24.2 Å². The van der Waals surface area contributed by atoms with Crippen LogP contribution >= 0.6 is 0 Å². The number of carbonyl (C=O) groups is 1. The molecular weight excluding hydrogens is 796 g/mol. The number of fused-ring (bicyclic) bond motifs is 3. The number of nitrogens with zero attached hydrogens (tertiary/aromatic N) is 2. The lowest BCUT2D eigenvalue weighted by atomic mass is 9.55. The molecule has 0 bridgehead atoms. The molecule has 1 amide bonds. The molecule has 9 nitrogen and oxygen atoms in total. The summed E-state index contributed by atoms with van der Waals surface area (Å²) in [7, 11) is 1.56. The third kappa shape index (κ3) is 9.74. The molecule has 0 aromatic heterocycles. The Morgan fingerprint density at radius 2 is 1.65 bits per heavy atom. The number of amides is 1. The second-order valence-electron chi connectivity index (χ2n) is 17.9. The molecule has 10 heteroatoms. The van der Waals surface area contributed by atoms with Crippen LogP contribution in [0.4, 0.5) is 4.39 Å². The summed E-state index contributed by atoms with van der Waals surface area (Å²) in [5.74, 6) is 0.354. The summed E-state index contributed by atoms with van der Waals surface area (Å²) >= 11 is 0.